The second-order valence-electron chi connectivity index (χ2n) is 8.94. The van der Waals surface area contributed by atoms with E-state index in [1.165, 1.54) is 0 Å². The van der Waals surface area contributed by atoms with Crippen LogP contribution in [-0.4, -0.2) is 24.2 Å². The Morgan fingerprint density at radius 1 is 0.714 bits per heavy atom. The van der Waals surface area contributed by atoms with Crippen molar-refractivity contribution in [3.63, 3.8) is 0 Å². The first kappa shape index (κ1) is 22.7. The van der Waals surface area contributed by atoms with Crippen LogP contribution in [0, 0.1) is 18.8 Å². The molecule has 0 radical (unpaired) electrons. The van der Waals surface area contributed by atoms with Crippen molar-refractivity contribution in [3.8, 4) is 11.5 Å². The summed E-state index contributed by atoms with van der Waals surface area (Å²) in [6, 6.07) is 28.2. The summed E-state index contributed by atoms with van der Waals surface area (Å²) >= 11 is 0. The molecule has 1 saturated carbocycles. The molecule has 0 aromatic heterocycles. The minimum absolute atomic E-state index is 0.442. The number of esters is 1. The predicted octanol–water partition coefficient (Wildman–Crippen LogP) is 5.96. The molecule has 4 aromatic carbocycles. The highest BCUT2D eigenvalue weighted by Gasteiger charge is 2.60. The molecule has 1 aliphatic carbocycles. The number of hydrogen-bond donors (Lipinski definition) is 1. The second kappa shape index (κ2) is 9.26. The van der Waals surface area contributed by atoms with Crippen LogP contribution in [0.25, 0.3) is 10.8 Å². The molecule has 0 aliphatic heterocycles. The number of hydrogen-bond acceptors (Lipinski definition) is 4. The van der Waals surface area contributed by atoms with Crippen LogP contribution in [-0.2, 0) is 9.59 Å². The summed E-state index contributed by atoms with van der Waals surface area (Å²) in [4.78, 5) is 26.4. The molecule has 5 rings (SSSR count). The summed E-state index contributed by atoms with van der Waals surface area (Å²) in [5.41, 5.74) is 2.50. The molecule has 4 aromatic rings. The third-order valence-corrected chi connectivity index (χ3v) is 7.11. The molecule has 35 heavy (non-hydrogen) atoms. The second-order valence-corrected chi connectivity index (χ2v) is 8.94. The molecule has 1 aliphatic rings. The number of carbonyl (C=O) groups excluding carboxylic acids is 1. The zero-order valence-electron chi connectivity index (χ0n) is 19.5. The van der Waals surface area contributed by atoms with Crippen LogP contribution >= 0.6 is 0 Å². The average Bonchev–Trinajstić information content (AvgIpc) is 2.85. The van der Waals surface area contributed by atoms with E-state index in [1.54, 1.807) is 19.2 Å². The molecule has 1 N–H and O–H groups in total. The lowest BCUT2D eigenvalue weighted by molar-refractivity contribution is -0.158. The van der Waals surface area contributed by atoms with Gasteiger partial charge in [-0.2, -0.15) is 0 Å². The number of carboxylic acid groups (broad SMARTS) is 1. The molecule has 5 nitrogen and oxygen atoms in total. The predicted molar refractivity (Wildman–Crippen MR) is 134 cm³/mol. The fourth-order valence-corrected chi connectivity index (χ4v) is 5.49. The molecular formula is C30H26O5. The van der Waals surface area contributed by atoms with Crippen LogP contribution in [0.1, 0.15) is 28.5 Å². The van der Waals surface area contributed by atoms with Gasteiger partial charge in [0.1, 0.15) is 11.5 Å². The summed E-state index contributed by atoms with van der Waals surface area (Å²) in [6.45, 7) is 1.94. The first-order valence-corrected chi connectivity index (χ1v) is 11.6. The van der Waals surface area contributed by atoms with Gasteiger partial charge in [0.05, 0.1) is 18.9 Å². The number of para-hydroxylation sites is 1. The Bertz CT molecular complexity index is 1400. The highest BCUT2D eigenvalue weighted by atomic mass is 16.5. The molecule has 5 heteroatoms. The number of methoxy groups -OCH3 is 1. The van der Waals surface area contributed by atoms with Gasteiger partial charge in [0.2, 0.25) is 0 Å². The molecule has 176 valence electrons. The number of aryl methyl sites for hydroxylation is 1. The van der Waals surface area contributed by atoms with E-state index in [-0.39, 0.29) is 0 Å². The molecule has 1 fully saturated rings. The average molecular weight is 467 g/mol. The van der Waals surface area contributed by atoms with E-state index >= 15 is 0 Å². The minimum Gasteiger partial charge on any atom is -0.496 e. The minimum atomic E-state index is -0.941. The SMILES string of the molecule is COc1ccccc1[C@H]1[C@H](C(=O)O)[C@H](c2ccccc2C)[C@H]1C(=O)Oc1cccc2ccccc12. The number of fused-ring (bicyclic) bond motifs is 1. The topological polar surface area (TPSA) is 72.8 Å². The van der Waals surface area contributed by atoms with Crippen molar-refractivity contribution in [2.75, 3.05) is 7.11 Å². The first-order valence-electron chi connectivity index (χ1n) is 11.6. The summed E-state index contributed by atoms with van der Waals surface area (Å²) in [5.74, 6) is -2.94. The standard InChI is InChI=1S/C30H26O5/c1-18-10-3-5-13-20(18)25-27(29(31)32)26(22-15-7-8-16-23(22)34-2)28(25)30(33)35-24-17-9-12-19-11-4-6-14-21(19)24/h3-17,25-28H,1-2H3,(H,31,32)/t25-,26-,27+,28+/m0/s1. The number of benzene rings is 4. The zero-order valence-corrected chi connectivity index (χ0v) is 19.5. The molecular weight excluding hydrogens is 440 g/mol. The van der Waals surface area contributed by atoms with Gasteiger partial charge in [-0.15, -0.1) is 0 Å². The van der Waals surface area contributed by atoms with E-state index < -0.39 is 35.6 Å². The van der Waals surface area contributed by atoms with Crippen molar-refractivity contribution in [1.82, 2.24) is 0 Å². The largest absolute Gasteiger partial charge is 0.496 e. The maximum atomic E-state index is 13.8. The summed E-state index contributed by atoms with van der Waals surface area (Å²) in [5, 5.41) is 12.1. The maximum Gasteiger partial charge on any atom is 0.315 e. The maximum absolute atomic E-state index is 13.8. The number of rotatable bonds is 6. The van der Waals surface area contributed by atoms with Gasteiger partial charge in [-0.05, 0) is 41.1 Å². The lowest BCUT2D eigenvalue weighted by Crippen LogP contribution is -2.52. The summed E-state index contributed by atoms with van der Waals surface area (Å²) < 4.78 is 11.6. The monoisotopic (exact) mass is 466 g/mol. The molecule has 0 saturated heterocycles. The number of ether oxygens (including phenoxy) is 2. The fraction of sp³-hybridized carbons (Fsp3) is 0.200. The summed E-state index contributed by atoms with van der Waals surface area (Å²) in [6.07, 6.45) is 0. The van der Waals surface area contributed by atoms with E-state index in [9.17, 15) is 14.7 Å². The van der Waals surface area contributed by atoms with Gasteiger partial charge in [-0.3, -0.25) is 9.59 Å². The Balaban J connectivity index is 1.61. The van der Waals surface area contributed by atoms with E-state index in [4.69, 9.17) is 9.47 Å². The Hall–Kier alpha value is -4.12. The molecule has 4 atom stereocenters. The fourth-order valence-electron chi connectivity index (χ4n) is 5.49. The van der Waals surface area contributed by atoms with Crippen LogP contribution in [0.4, 0.5) is 0 Å². The van der Waals surface area contributed by atoms with Gasteiger partial charge in [-0.25, -0.2) is 0 Å². The molecule has 0 amide bonds. The first-order chi connectivity index (χ1) is 17.0. The van der Waals surface area contributed by atoms with Crippen molar-refractivity contribution in [2.24, 2.45) is 11.8 Å². The Labute approximate surface area is 203 Å². The quantitative estimate of drug-likeness (QED) is 0.280. The third-order valence-electron chi connectivity index (χ3n) is 7.11. The van der Waals surface area contributed by atoms with E-state index in [2.05, 4.69) is 0 Å². The molecule has 0 heterocycles. The van der Waals surface area contributed by atoms with Crippen molar-refractivity contribution >= 4 is 22.7 Å². The van der Waals surface area contributed by atoms with Gasteiger partial charge in [0, 0.05) is 17.2 Å². The number of carboxylic acids is 1. The molecule has 0 unspecified atom stereocenters. The Morgan fingerprint density at radius 3 is 2.06 bits per heavy atom. The Morgan fingerprint density at radius 2 is 1.31 bits per heavy atom. The third kappa shape index (κ3) is 3.93. The normalized spacial score (nSPS) is 21.2. The lowest BCUT2D eigenvalue weighted by atomic mass is 9.52. The van der Waals surface area contributed by atoms with E-state index in [0.29, 0.717) is 17.1 Å². The van der Waals surface area contributed by atoms with Crippen LogP contribution in [0.2, 0.25) is 0 Å². The van der Waals surface area contributed by atoms with Crippen LogP contribution in [0.3, 0.4) is 0 Å². The van der Waals surface area contributed by atoms with Gasteiger partial charge >= 0.3 is 11.9 Å². The molecule has 0 spiro atoms. The van der Waals surface area contributed by atoms with Crippen molar-refractivity contribution in [2.45, 2.75) is 18.8 Å². The zero-order chi connectivity index (χ0) is 24.5. The highest BCUT2D eigenvalue weighted by Crippen LogP contribution is 2.60. The Kier molecular flexibility index (Phi) is 6.00. The summed E-state index contributed by atoms with van der Waals surface area (Å²) in [7, 11) is 1.55. The van der Waals surface area contributed by atoms with E-state index in [0.717, 1.165) is 21.9 Å². The van der Waals surface area contributed by atoms with E-state index in [1.807, 2.05) is 85.8 Å². The molecule has 0 bridgehead atoms. The number of aliphatic carboxylic acids is 1. The van der Waals surface area contributed by atoms with Gasteiger partial charge < -0.3 is 14.6 Å². The van der Waals surface area contributed by atoms with Crippen molar-refractivity contribution in [1.29, 1.82) is 0 Å². The van der Waals surface area contributed by atoms with Gasteiger partial charge in [-0.1, -0.05) is 78.9 Å². The van der Waals surface area contributed by atoms with Gasteiger partial charge in [0.15, 0.2) is 0 Å². The number of carbonyl (C=O) groups is 2. The van der Waals surface area contributed by atoms with Crippen LogP contribution < -0.4 is 9.47 Å². The van der Waals surface area contributed by atoms with Crippen molar-refractivity contribution in [3.05, 3.63) is 108 Å². The lowest BCUT2D eigenvalue weighted by Gasteiger charge is -2.49. The van der Waals surface area contributed by atoms with Crippen LogP contribution in [0.5, 0.6) is 11.5 Å². The van der Waals surface area contributed by atoms with Gasteiger partial charge in [0.25, 0.3) is 0 Å². The van der Waals surface area contributed by atoms with Crippen LogP contribution in [0.15, 0.2) is 91.0 Å². The smallest absolute Gasteiger partial charge is 0.315 e. The highest BCUT2D eigenvalue weighted by molar-refractivity contribution is 5.92. The van der Waals surface area contributed by atoms with Crippen molar-refractivity contribution < 1.29 is 24.2 Å².